The molecule has 0 saturated carbocycles. The van der Waals surface area contributed by atoms with E-state index in [1.165, 1.54) is 12.1 Å². The van der Waals surface area contributed by atoms with Crippen molar-refractivity contribution in [1.82, 2.24) is 5.32 Å². The molecule has 4 heteroatoms. The smallest absolute Gasteiger partial charge is 0.239 e. The molecule has 1 aromatic rings. The molecule has 3 nitrogen and oxygen atoms in total. The van der Waals surface area contributed by atoms with Crippen LogP contribution in [0.4, 0.5) is 4.39 Å². The minimum atomic E-state index is -0.611. The second-order valence-electron chi connectivity index (χ2n) is 3.34. The van der Waals surface area contributed by atoms with Gasteiger partial charge in [-0.25, -0.2) is 4.39 Å². The van der Waals surface area contributed by atoms with Gasteiger partial charge in [-0.2, -0.15) is 0 Å². The largest absolute Gasteiger partial charge is 0.368 e. The number of halogens is 1. The fourth-order valence-electron chi connectivity index (χ4n) is 1.36. The summed E-state index contributed by atoms with van der Waals surface area (Å²) in [6.45, 7) is 2.65. The van der Waals surface area contributed by atoms with E-state index < -0.39 is 11.9 Å². The molecule has 0 aliphatic heterocycles. The molecule has 0 aromatic heterocycles. The first-order valence-corrected chi connectivity index (χ1v) is 4.93. The van der Waals surface area contributed by atoms with Gasteiger partial charge in [0.05, 0.1) is 0 Å². The standard InChI is InChI=1S/C11H15FN2O/c1-2-6-14-10(11(13)15)8-4-3-5-9(12)7-8/h3-5,7,10,14H,2,6H2,1H3,(H2,13,15). The summed E-state index contributed by atoms with van der Waals surface area (Å²) in [7, 11) is 0. The molecule has 0 aliphatic carbocycles. The van der Waals surface area contributed by atoms with Gasteiger partial charge in [-0.1, -0.05) is 19.1 Å². The molecule has 1 atom stereocenters. The molecule has 1 aromatic carbocycles. The Morgan fingerprint density at radius 3 is 2.87 bits per heavy atom. The van der Waals surface area contributed by atoms with Gasteiger partial charge >= 0.3 is 0 Å². The Balaban J connectivity index is 2.84. The Labute approximate surface area is 88.5 Å². The van der Waals surface area contributed by atoms with Crippen molar-refractivity contribution in [3.05, 3.63) is 35.6 Å². The van der Waals surface area contributed by atoms with Crippen molar-refractivity contribution in [3.63, 3.8) is 0 Å². The Morgan fingerprint density at radius 1 is 1.60 bits per heavy atom. The quantitative estimate of drug-likeness (QED) is 0.770. The number of hydrogen-bond acceptors (Lipinski definition) is 2. The predicted molar refractivity (Wildman–Crippen MR) is 56.6 cm³/mol. The number of carbonyl (C=O) groups is 1. The second kappa shape index (κ2) is 5.46. The molecule has 0 spiro atoms. The van der Waals surface area contributed by atoms with E-state index >= 15 is 0 Å². The van der Waals surface area contributed by atoms with Crippen molar-refractivity contribution in [2.75, 3.05) is 6.54 Å². The molecule has 0 fully saturated rings. The molecule has 0 heterocycles. The fraction of sp³-hybridized carbons (Fsp3) is 0.364. The van der Waals surface area contributed by atoms with Crippen molar-refractivity contribution in [3.8, 4) is 0 Å². The average molecular weight is 210 g/mol. The van der Waals surface area contributed by atoms with Gasteiger partial charge in [0.25, 0.3) is 0 Å². The summed E-state index contributed by atoms with van der Waals surface area (Å²) in [6.07, 6.45) is 0.888. The van der Waals surface area contributed by atoms with Crippen LogP contribution in [0, 0.1) is 5.82 Å². The van der Waals surface area contributed by atoms with Crippen molar-refractivity contribution in [1.29, 1.82) is 0 Å². The highest BCUT2D eigenvalue weighted by molar-refractivity contribution is 5.81. The molecule has 0 radical (unpaired) electrons. The second-order valence-corrected chi connectivity index (χ2v) is 3.34. The van der Waals surface area contributed by atoms with Crippen LogP contribution in [0.3, 0.4) is 0 Å². The van der Waals surface area contributed by atoms with Crippen LogP contribution in [-0.4, -0.2) is 12.5 Å². The lowest BCUT2D eigenvalue weighted by molar-refractivity contribution is -0.120. The minimum Gasteiger partial charge on any atom is -0.368 e. The van der Waals surface area contributed by atoms with Crippen LogP contribution in [0.5, 0.6) is 0 Å². The van der Waals surface area contributed by atoms with Crippen LogP contribution >= 0.6 is 0 Å². The van der Waals surface area contributed by atoms with Gasteiger partial charge in [0, 0.05) is 0 Å². The van der Waals surface area contributed by atoms with Crippen molar-refractivity contribution in [2.24, 2.45) is 5.73 Å². The number of rotatable bonds is 5. The summed E-state index contributed by atoms with van der Waals surface area (Å²) >= 11 is 0. The molecule has 1 unspecified atom stereocenters. The first-order chi connectivity index (χ1) is 7.15. The Hall–Kier alpha value is -1.42. The van der Waals surface area contributed by atoms with E-state index in [1.807, 2.05) is 6.92 Å². The van der Waals surface area contributed by atoms with Gasteiger partial charge in [-0.05, 0) is 30.7 Å². The highest BCUT2D eigenvalue weighted by atomic mass is 19.1. The number of carbonyl (C=O) groups excluding carboxylic acids is 1. The number of benzene rings is 1. The maximum Gasteiger partial charge on any atom is 0.239 e. The Kier molecular flexibility index (Phi) is 4.24. The molecule has 3 N–H and O–H groups in total. The van der Waals surface area contributed by atoms with E-state index in [-0.39, 0.29) is 5.82 Å². The minimum absolute atomic E-state index is 0.364. The topological polar surface area (TPSA) is 55.1 Å². The fourth-order valence-corrected chi connectivity index (χ4v) is 1.36. The van der Waals surface area contributed by atoms with Gasteiger partial charge < -0.3 is 11.1 Å². The molecule has 0 aliphatic rings. The lowest BCUT2D eigenvalue weighted by atomic mass is 10.1. The van der Waals surface area contributed by atoms with Gasteiger partial charge in [-0.15, -0.1) is 0 Å². The van der Waals surface area contributed by atoms with E-state index in [2.05, 4.69) is 5.32 Å². The summed E-state index contributed by atoms with van der Waals surface area (Å²) < 4.78 is 12.9. The van der Waals surface area contributed by atoms with Gasteiger partial charge in [-0.3, -0.25) is 4.79 Å². The third-order valence-corrected chi connectivity index (χ3v) is 2.06. The molecule has 1 rings (SSSR count). The predicted octanol–water partition coefficient (Wildman–Crippen LogP) is 1.35. The van der Waals surface area contributed by atoms with Crippen LogP contribution in [0.25, 0.3) is 0 Å². The van der Waals surface area contributed by atoms with E-state index in [9.17, 15) is 9.18 Å². The van der Waals surface area contributed by atoms with Gasteiger partial charge in [0.15, 0.2) is 0 Å². The molecule has 0 saturated heterocycles. The lowest BCUT2D eigenvalue weighted by Crippen LogP contribution is -2.34. The van der Waals surface area contributed by atoms with Crippen LogP contribution < -0.4 is 11.1 Å². The normalized spacial score (nSPS) is 12.4. The highest BCUT2D eigenvalue weighted by Crippen LogP contribution is 2.13. The Morgan fingerprint density at radius 2 is 2.33 bits per heavy atom. The molecular formula is C11H15FN2O. The van der Waals surface area contributed by atoms with E-state index in [1.54, 1.807) is 12.1 Å². The zero-order valence-corrected chi connectivity index (χ0v) is 8.66. The van der Waals surface area contributed by atoms with E-state index in [0.29, 0.717) is 12.1 Å². The number of primary amides is 1. The van der Waals surface area contributed by atoms with Gasteiger partial charge in [0.2, 0.25) is 5.91 Å². The third kappa shape index (κ3) is 3.32. The SMILES string of the molecule is CCCNC(C(N)=O)c1cccc(F)c1. The first-order valence-electron chi connectivity index (χ1n) is 4.93. The van der Waals surface area contributed by atoms with E-state index in [4.69, 9.17) is 5.73 Å². The summed E-state index contributed by atoms with van der Waals surface area (Å²) in [5, 5.41) is 2.97. The molecule has 0 bridgehead atoms. The lowest BCUT2D eigenvalue weighted by Gasteiger charge is -2.15. The molecule has 82 valence electrons. The summed E-state index contributed by atoms with van der Waals surface area (Å²) in [5.41, 5.74) is 5.80. The Bertz CT molecular complexity index is 341. The summed E-state index contributed by atoms with van der Waals surface area (Å²) in [4.78, 5) is 11.2. The number of amides is 1. The van der Waals surface area contributed by atoms with Crippen molar-refractivity contribution >= 4 is 5.91 Å². The van der Waals surface area contributed by atoms with Crippen LogP contribution in [-0.2, 0) is 4.79 Å². The molecule has 15 heavy (non-hydrogen) atoms. The maximum atomic E-state index is 12.9. The zero-order valence-electron chi connectivity index (χ0n) is 8.66. The zero-order chi connectivity index (χ0) is 11.3. The van der Waals surface area contributed by atoms with Crippen LogP contribution in [0.1, 0.15) is 24.9 Å². The molecular weight excluding hydrogens is 195 g/mol. The number of nitrogens with one attached hydrogen (secondary N) is 1. The van der Waals surface area contributed by atoms with Crippen LogP contribution in [0.15, 0.2) is 24.3 Å². The van der Waals surface area contributed by atoms with Crippen molar-refractivity contribution in [2.45, 2.75) is 19.4 Å². The van der Waals surface area contributed by atoms with Crippen molar-refractivity contribution < 1.29 is 9.18 Å². The van der Waals surface area contributed by atoms with E-state index in [0.717, 1.165) is 6.42 Å². The third-order valence-electron chi connectivity index (χ3n) is 2.06. The maximum absolute atomic E-state index is 12.9. The first kappa shape index (κ1) is 11.7. The van der Waals surface area contributed by atoms with Gasteiger partial charge in [0.1, 0.15) is 11.9 Å². The summed E-state index contributed by atoms with van der Waals surface area (Å²) in [6, 6.07) is 5.29. The van der Waals surface area contributed by atoms with Crippen LogP contribution in [0.2, 0.25) is 0 Å². The average Bonchev–Trinajstić information content (AvgIpc) is 2.18. The summed E-state index contributed by atoms with van der Waals surface area (Å²) in [5.74, 6) is -0.855. The number of hydrogen-bond donors (Lipinski definition) is 2. The highest BCUT2D eigenvalue weighted by Gasteiger charge is 2.16. The number of nitrogens with two attached hydrogens (primary N) is 1. The monoisotopic (exact) mass is 210 g/mol. The molecule has 1 amide bonds.